The first-order valence-corrected chi connectivity index (χ1v) is 7.39. The summed E-state index contributed by atoms with van der Waals surface area (Å²) >= 11 is 0. The van der Waals surface area contributed by atoms with Gasteiger partial charge >= 0.3 is 0 Å². The van der Waals surface area contributed by atoms with Gasteiger partial charge in [-0.05, 0) is 57.5 Å². The quantitative estimate of drug-likeness (QED) is 0.456. The number of hydrazine groups is 1. The molecule has 18 heavy (non-hydrogen) atoms. The number of nitrogens with two attached hydrogens (primary N) is 1. The van der Waals surface area contributed by atoms with Gasteiger partial charge in [-0.1, -0.05) is 12.8 Å². The van der Waals surface area contributed by atoms with Crippen molar-refractivity contribution >= 4 is 5.91 Å². The lowest BCUT2D eigenvalue weighted by Crippen LogP contribution is -2.44. The molecule has 0 aromatic carbocycles. The standard InChI is InChI=1S/C14H27N3O/c1-12(4-5-13(18)16-15)17-10-8-14(9-11-17)6-2-3-7-14/h12H,2-11,15H2,1H3,(H,16,18). The Balaban J connectivity index is 1.73. The minimum Gasteiger partial charge on any atom is -0.301 e. The molecule has 3 N–H and O–H groups in total. The van der Waals surface area contributed by atoms with Gasteiger partial charge < -0.3 is 4.90 Å². The Bertz CT molecular complexity index is 277. The maximum absolute atomic E-state index is 11.1. The van der Waals surface area contributed by atoms with Crippen LogP contribution >= 0.6 is 0 Å². The number of nitrogens with zero attached hydrogens (tertiary/aromatic N) is 1. The third-order valence-corrected chi connectivity index (χ3v) is 5.10. The van der Waals surface area contributed by atoms with Crippen LogP contribution < -0.4 is 11.3 Å². The number of carbonyl (C=O) groups excluding carboxylic acids is 1. The van der Waals surface area contributed by atoms with Crippen LogP contribution in [0.5, 0.6) is 0 Å². The van der Waals surface area contributed by atoms with Crippen LogP contribution in [0, 0.1) is 5.41 Å². The molecule has 0 aromatic heterocycles. The van der Waals surface area contributed by atoms with Gasteiger partial charge in [-0.2, -0.15) is 0 Å². The highest BCUT2D eigenvalue weighted by atomic mass is 16.2. The van der Waals surface area contributed by atoms with Crippen molar-refractivity contribution in [3.05, 3.63) is 0 Å². The van der Waals surface area contributed by atoms with Crippen LogP contribution in [0.1, 0.15) is 58.3 Å². The fourth-order valence-corrected chi connectivity index (χ4v) is 3.66. The molecule has 1 atom stereocenters. The zero-order valence-electron chi connectivity index (χ0n) is 11.6. The van der Waals surface area contributed by atoms with Crippen molar-refractivity contribution in [1.82, 2.24) is 10.3 Å². The van der Waals surface area contributed by atoms with Gasteiger partial charge in [0.1, 0.15) is 0 Å². The van der Waals surface area contributed by atoms with Crippen molar-refractivity contribution in [2.75, 3.05) is 13.1 Å². The molecule has 0 aromatic rings. The third-order valence-electron chi connectivity index (χ3n) is 5.10. The van der Waals surface area contributed by atoms with Gasteiger partial charge in [0.2, 0.25) is 5.91 Å². The summed E-state index contributed by atoms with van der Waals surface area (Å²) in [5.74, 6) is 5.05. The van der Waals surface area contributed by atoms with Crippen molar-refractivity contribution < 1.29 is 4.79 Å². The topological polar surface area (TPSA) is 58.4 Å². The molecule has 1 aliphatic heterocycles. The van der Waals surface area contributed by atoms with Gasteiger partial charge in [0.15, 0.2) is 0 Å². The van der Waals surface area contributed by atoms with Crippen molar-refractivity contribution in [3.8, 4) is 0 Å². The molecule has 1 saturated heterocycles. The normalized spacial score (nSPS) is 25.2. The van der Waals surface area contributed by atoms with Crippen LogP contribution in [0.2, 0.25) is 0 Å². The second-order valence-corrected chi connectivity index (χ2v) is 6.20. The number of likely N-dealkylation sites (tertiary alicyclic amines) is 1. The summed E-state index contributed by atoms with van der Waals surface area (Å²) in [6, 6.07) is 0.501. The van der Waals surface area contributed by atoms with E-state index in [1.165, 1.54) is 51.6 Å². The lowest BCUT2D eigenvalue weighted by atomic mass is 9.77. The average molecular weight is 253 g/mol. The highest BCUT2D eigenvalue weighted by Crippen LogP contribution is 2.46. The van der Waals surface area contributed by atoms with E-state index in [9.17, 15) is 4.79 Å². The molecule has 1 saturated carbocycles. The molecule has 1 heterocycles. The summed E-state index contributed by atoms with van der Waals surface area (Å²) in [4.78, 5) is 13.7. The number of rotatable bonds is 4. The van der Waals surface area contributed by atoms with E-state index in [1.807, 2.05) is 0 Å². The summed E-state index contributed by atoms with van der Waals surface area (Å²) in [7, 11) is 0. The smallest absolute Gasteiger partial charge is 0.233 e. The van der Waals surface area contributed by atoms with E-state index in [0.717, 1.165) is 6.42 Å². The molecule has 2 fully saturated rings. The zero-order chi connectivity index (χ0) is 13.0. The lowest BCUT2D eigenvalue weighted by Gasteiger charge is -2.42. The summed E-state index contributed by atoms with van der Waals surface area (Å²) in [5.41, 5.74) is 2.89. The van der Waals surface area contributed by atoms with Gasteiger partial charge in [0, 0.05) is 12.5 Å². The summed E-state index contributed by atoms with van der Waals surface area (Å²) in [6.45, 7) is 4.66. The van der Waals surface area contributed by atoms with Gasteiger partial charge in [0.05, 0.1) is 0 Å². The molecule has 0 radical (unpaired) electrons. The molecule has 1 amide bonds. The molecule has 4 nitrogen and oxygen atoms in total. The zero-order valence-corrected chi connectivity index (χ0v) is 11.6. The molecular formula is C14H27N3O. The number of carbonyl (C=O) groups is 1. The number of amides is 1. The number of nitrogens with one attached hydrogen (secondary N) is 1. The van der Waals surface area contributed by atoms with Gasteiger partial charge in [0.25, 0.3) is 0 Å². The molecule has 1 aliphatic carbocycles. The van der Waals surface area contributed by atoms with E-state index in [4.69, 9.17) is 5.84 Å². The molecule has 0 bridgehead atoms. The van der Waals surface area contributed by atoms with Crippen LogP contribution in [0.25, 0.3) is 0 Å². The Morgan fingerprint density at radius 3 is 2.44 bits per heavy atom. The van der Waals surface area contributed by atoms with E-state index in [2.05, 4.69) is 17.2 Å². The van der Waals surface area contributed by atoms with Crippen LogP contribution in [0.4, 0.5) is 0 Å². The predicted octanol–water partition coefficient (Wildman–Crippen LogP) is 1.80. The number of hydrogen-bond acceptors (Lipinski definition) is 3. The van der Waals surface area contributed by atoms with Crippen molar-refractivity contribution in [2.24, 2.45) is 11.3 Å². The molecule has 1 spiro atoms. The predicted molar refractivity (Wildman–Crippen MR) is 72.7 cm³/mol. The summed E-state index contributed by atoms with van der Waals surface area (Å²) in [5, 5.41) is 0. The minimum absolute atomic E-state index is 0.0499. The van der Waals surface area contributed by atoms with E-state index in [0.29, 0.717) is 17.9 Å². The maximum Gasteiger partial charge on any atom is 0.233 e. The molecule has 104 valence electrons. The first kappa shape index (κ1) is 13.8. The molecule has 1 unspecified atom stereocenters. The highest BCUT2D eigenvalue weighted by molar-refractivity contribution is 5.75. The Kier molecular flexibility index (Phi) is 4.62. The highest BCUT2D eigenvalue weighted by Gasteiger charge is 2.37. The monoisotopic (exact) mass is 253 g/mol. The van der Waals surface area contributed by atoms with Crippen molar-refractivity contribution in [1.29, 1.82) is 0 Å². The number of hydrogen-bond donors (Lipinski definition) is 2. The van der Waals surface area contributed by atoms with Crippen LogP contribution in [-0.4, -0.2) is 29.9 Å². The number of piperidine rings is 1. The first-order valence-electron chi connectivity index (χ1n) is 7.39. The summed E-state index contributed by atoms with van der Waals surface area (Å²) < 4.78 is 0. The van der Waals surface area contributed by atoms with Crippen LogP contribution in [0.15, 0.2) is 0 Å². The van der Waals surface area contributed by atoms with E-state index in [-0.39, 0.29) is 5.91 Å². The largest absolute Gasteiger partial charge is 0.301 e. The Morgan fingerprint density at radius 1 is 1.28 bits per heavy atom. The van der Waals surface area contributed by atoms with Gasteiger partial charge in [-0.3, -0.25) is 10.2 Å². The van der Waals surface area contributed by atoms with Gasteiger partial charge in [-0.15, -0.1) is 0 Å². The van der Waals surface area contributed by atoms with E-state index in [1.54, 1.807) is 0 Å². The minimum atomic E-state index is -0.0499. The fourth-order valence-electron chi connectivity index (χ4n) is 3.66. The third kappa shape index (κ3) is 3.23. The van der Waals surface area contributed by atoms with Crippen LogP contribution in [-0.2, 0) is 4.79 Å². The van der Waals surface area contributed by atoms with E-state index < -0.39 is 0 Å². The molecular weight excluding hydrogens is 226 g/mol. The molecule has 4 heteroatoms. The second-order valence-electron chi connectivity index (χ2n) is 6.20. The first-order chi connectivity index (χ1) is 8.65. The molecule has 2 rings (SSSR count). The second kappa shape index (κ2) is 6.02. The van der Waals surface area contributed by atoms with Crippen LogP contribution in [0.3, 0.4) is 0 Å². The van der Waals surface area contributed by atoms with E-state index >= 15 is 0 Å². The molecule has 2 aliphatic rings. The Hall–Kier alpha value is -0.610. The average Bonchev–Trinajstić information content (AvgIpc) is 2.84. The Labute approximate surface area is 110 Å². The Morgan fingerprint density at radius 2 is 1.89 bits per heavy atom. The SMILES string of the molecule is CC(CCC(=O)NN)N1CCC2(CCCC2)CC1. The summed E-state index contributed by atoms with van der Waals surface area (Å²) in [6.07, 6.45) is 9.95. The fraction of sp³-hybridized carbons (Fsp3) is 0.929. The van der Waals surface area contributed by atoms with Crippen molar-refractivity contribution in [3.63, 3.8) is 0 Å². The maximum atomic E-state index is 11.1. The van der Waals surface area contributed by atoms with Crippen molar-refractivity contribution in [2.45, 2.75) is 64.3 Å². The lowest BCUT2D eigenvalue weighted by molar-refractivity contribution is -0.121. The van der Waals surface area contributed by atoms with Gasteiger partial charge in [-0.25, -0.2) is 5.84 Å².